The molecule has 0 aromatic heterocycles. The van der Waals surface area contributed by atoms with E-state index in [9.17, 15) is 0 Å². The van der Waals surface area contributed by atoms with Gasteiger partial charge in [0, 0.05) is 13.0 Å². The fourth-order valence-corrected chi connectivity index (χ4v) is 3.06. The molecule has 3 nitrogen and oxygen atoms in total. The zero-order valence-electron chi connectivity index (χ0n) is 12.2. The first-order chi connectivity index (χ1) is 9.68. The molecule has 0 N–H and O–H groups in total. The minimum Gasteiger partial charge on any atom is -0.493 e. The quantitative estimate of drug-likeness (QED) is 0.847. The summed E-state index contributed by atoms with van der Waals surface area (Å²) in [4.78, 5) is 2.49. The molecule has 0 saturated carbocycles. The van der Waals surface area contributed by atoms with Gasteiger partial charge in [0.25, 0.3) is 0 Å². The van der Waals surface area contributed by atoms with Crippen LogP contribution < -0.4 is 4.74 Å². The lowest BCUT2D eigenvalue weighted by molar-refractivity contribution is 0.158. The lowest BCUT2D eigenvalue weighted by Crippen LogP contribution is -2.39. The Morgan fingerprint density at radius 3 is 2.90 bits per heavy atom. The van der Waals surface area contributed by atoms with Crippen molar-refractivity contribution < 1.29 is 4.74 Å². The summed E-state index contributed by atoms with van der Waals surface area (Å²) >= 11 is 0. The Hall–Kier alpha value is -1.53. The van der Waals surface area contributed by atoms with E-state index in [1.165, 1.54) is 11.1 Å². The molecule has 0 radical (unpaired) electrons. The molecule has 0 amide bonds. The maximum absolute atomic E-state index is 9.15. The number of ether oxygens (including phenoxy) is 1. The third kappa shape index (κ3) is 2.81. The molecule has 1 aromatic rings. The summed E-state index contributed by atoms with van der Waals surface area (Å²) in [6, 6.07) is 9.06. The van der Waals surface area contributed by atoms with Crippen LogP contribution in [0.1, 0.15) is 30.9 Å². The molecule has 1 fully saturated rings. The zero-order chi connectivity index (χ0) is 14.0. The van der Waals surface area contributed by atoms with E-state index in [-0.39, 0.29) is 5.41 Å². The molecule has 0 atom stereocenters. The second kappa shape index (κ2) is 5.46. The molecule has 0 aliphatic carbocycles. The first kappa shape index (κ1) is 13.5. The zero-order valence-corrected chi connectivity index (χ0v) is 12.2. The minimum absolute atomic E-state index is 0.0958. The van der Waals surface area contributed by atoms with Gasteiger partial charge in [-0.05, 0) is 56.5 Å². The molecule has 0 spiro atoms. The van der Waals surface area contributed by atoms with Gasteiger partial charge >= 0.3 is 0 Å². The highest BCUT2D eigenvalue weighted by atomic mass is 16.5. The Bertz CT molecular complexity index is 524. The predicted octanol–water partition coefficient (Wildman–Crippen LogP) is 2.79. The Morgan fingerprint density at radius 2 is 2.15 bits per heavy atom. The predicted molar refractivity (Wildman–Crippen MR) is 78.7 cm³/mol. The van der Waals surface area contributed by atoms with Crippen LogP contribution in [0.25, 0.3) is 0 Å². The fraction of sp³-hybridized carbons (Fsp3) is 0.588. The van der Waals surface area contributed by atoms with Gasteiger partial charge in [0.05, 0.1) is 18.1 Å². The molecule has 20 heavy (non-hydrogen) atoms. The van der Waals surface area contributed by atoms with Gasteiger partial charge in [-0.15, -0.1) is 0 Å². The van der Waals surface area contributed by atoms with Crippen molar-refractivity contribution in [2.24, 2.45) is 5.41 Å². The van der Waals surface area contributed by atoms with Crippen molar-refractivity contribution in [3.8, 4) is 11.8 Å². The normalized spacial score (nSPS) is 21.0. The monoisotopic (exact) mass is 270 g/mol. The van der Waals surface area contributed by atoms with Crippen molar-refractivity contribution in [3.63, 3.8) is 0 Å². The highest BCUT2D eigenvalue weighted by Gasteiger charge is 2.29. The summed E-state index contributed by atoms with van der Waals surface area (Å²) in [5.41, 5.74) is 2.67. The van der Waals surface area contributed by atoms with Gasteiger partial charge in [-0.1, -0.05) is 12.1 Å². The minimum atomic E-state index is -0.0958. The highest BCUT2D eigenvalue weighted by Crippen LogP contribution is 2.30. The van der Waals surface area contributed by atoms with Crippen LogP contribution in [0.15, 0.2) is 18.2 Å². The SMILES string of the molecule is CC1(C#N)CCN(CCc2ccc3c(c2)CCO3)CC1. The van der Waals surface area contributed by atoms with E-state index in [0.717, 1.165) is 57.7 Å². The molecule has 0 bridgehead atoms. The number of benzene rings is 1. The largest absolute Gasteiger partial charge is 0.493 e. The smallest absolute Gasteiger partial charge is 0.122 e. The summed E-state index contributed by atoms with van der Waals surface area (Å²) in [6.45, 7) is 6.12. The average molecular weight is 270 g/mol. The van der Waals surface area contributed by atoms with Crippen molar-refractivity contribution in [2.45, 2.75) is 32.6 Å². The van der Waals surface area contributed by atoms with E-state index in [4.69, 9.17) is 10.00 Å². The third-order valence-electron chi connectivity index (χ3n) is 4.70. The van der Waals surface area contributed by atoms with Gasteiger partial charge in [0.1, 0.15) is 5.75 Å². The van der Waals surface area contributed by atoms with Gasteiger partial charge < -0.3 is 9.64 Å². The van der Waals surface area contributed by atoms with Crippen molar-refractivity contribution in [1.82, 2.24) is 4.90 Å². The standard InChI is InChI=1S/C17H22N2O/c1-17(13-18)6-9-19(10-7-17)8-4-14-2-3-16-15(12-14)5-11-20-16/h2-3,12H,4-11H2,1H3. The number of likely N-dealkylation sites (tertiary alicyclic amines) is 1. The average Bonchev–Trinajstić information content (AvgIpc) is 2.94. The van der Waals surface area contributed by atoms with Crippen molar-refractivity contribution in [3.05, 3.63) is 29.3 Å². The molecule has 1 saturated heterocycles. The van der Waals surface area contributed by atoms with Crippen molar-refractivity contribution in [2.75, 3.05) is 26.2 Å². The van der Waals surface area contributed by atoms with E-state index in [1.54, 1.807) is 0 Å². The van der Waals surface area contributed by atoms with Crippen LogP contribution in [0.5, 0.6) is 5.75 Å². The number of fused-ring (bicyclic) bond motifs is 1. The maximum atomic E-state index is 9.15. The van der Waals surface area contributed by atoms with Gasteiger partial charge in [-0.25, -0.2) is 0 Å². The Kier molecular flexibility index (Phi) is 3.67. The van der Waals surface area contributed by atoms with Crippen LogP contribution in [0, 0.1) is 16.7 Å². The number of hydrogen-bond acceptors (Lipinski definition) is 3. The number of nitrogens with zero attached hydrogens (tertiary/aromatic N) is 2. The third-order valence-corrected chi connectivity index (χ3v) is 4.70. The summed E-state index contributed by atoms with van der Waals surface area (Å²) in [6.07, 6.45) is 4.15. The number of rotatable bonds is 3. The number of piperidine rings is 1. The Balaban J connectivity index is 1.52. The molecule has 2 aliphatic rings. The lowest BCUT2D eigenvalue weighted by Gasteiger charge is -2.34. The first-order valence-corrected chi connectivity index (χ1v) is 7.57. The summed E-state index contributed by atoms with van der Waals surface area (Å²) in [5, 5.41) is 9.15. The molecular formula is C17H22N2O. The second-order valence-corrected chi connectivity index (χ2v) is 6.30. The fourth-order valence-electron chi connectivity index (χ4n) is 3.06. The molecule has 0 unspecified atom stereocenters. The highest BCUT2D eigenvalue weighted by molar-refractivity contribution is 5.39. The van der Waals surface area contributed by atoms with Crippen molar-refractivity contribution >= 4 is 0 Å². The number of hydrogen-bond donors (Lipinski definition) is 0. The molecule has 3 rings (SSSR count). The van der Waals surface area contributed by atoms with Crippen LogP contribution >= 0.6 is 0 Å². The van der Waals surface area contributed by atoms with E-state index in [0.29, 0.717) is 0 Å². The van der Waals surface area contributed by atoms with Crippen LogP contribution in [-0.2, 0) is 12.8 Å². The first-order valence-electron chi connectivity index (χ1n) is 7.57. The lowest BCUT2D eigenvalue weighted by atomic mass is 9.82. The molecule has 2 heterocycles. The maximum Gasteiger partial charge on any atom is 0.122 e. The van der Waals surface area contributed by atoms with Crippen LogP contribution in [0.2, 0.25) is 0 Å². The summed E-state index contributed by atoms with van der Waals surface area (Å²) in [7, 11) is 0. The van der Waals surface area contributed by atoms with E-state index in [1.807, 2.05) is 0 Å². The van der Waals surface area contributed by atoms with Crippen LogP contribution in [-0.4, -0.2) is 31.1 Å². The molecule has 106 valence electrons. The van der Waals surface area contributed by atoms with Crippen LogP contribution in [0.3, 0.4) is 0 Å². The van der Waals surface area contributed by atoms with Gasteiger partial charge in [0.15, 0.2) is 0 Å². The molecular weight excluding hydrogens is 248 g/mol. The number of nitriles is 1. The Morgan fingerprint density at radius 1 is 1.35 bits per heavy atom. The molecule has 1 aromatic carbocycles. The second-order valence-electron chi connectivity index (χ2n) is 6.30. The topological polar surface area (TPSA) is 36.3 Å². The van der Waals surface area contributed by atoms with E-state index >= 15 is 0 Å². The van der Waals surface area contributed by atoms with Gasteiger partial charge in [-0.3, -0.25) is 0 Å². The molecule has 2 aliphatic heterocycles. The summed E-state index contributed by atoms with van der Waals surface area (Å²) < 4.78 is 5.54. The summed E-state index contributed by atoms with van der Waals surface area (Å²) in [5.74, 6) is 1.07. The Labute approximate surface area is 121 Å². The van der Waals surface area contributed by atoms with Crippen LogP contribution in [0.4, 0.5) is 0 Å². The van der Waals surface area contributed by atoms with E-state index < -0.39 is 0 Å². The molecule has 3 heteroatoms. The van der Waals surface area contributed by atoms with Gasteiger partial charge in [0.2, 0.25) is 0 Å². The van der Waals surface area contributed by atoms with Gasteiger partial charge in [-0.2, -0.15) is 5.26 Å². The van der Waals surface area contributed by atoms with Crippen molar-refractivity contribution in [1.29, 1.82) is 5.26 Å². The van der Waals surface area contributed by atoms with E-state index in [2.05, 4.69) is 36.1 Å².